The zero-order valence-electron chi connectivity index (χ0n) is 70.2. The Bertz CT molecular complexity index is 1520. The van der Waals surface area contributed by atoms with Gasteiger partial charge < -0.3 is 23.8 Å². The van der Waals surface area contributed by atoms with Gasteiger partial charge in [-0.1, -0.05) is 389 Å². The van der Waals surface area contributed by atoms with Gasteiger partial charge >= 0.3 is 23.9 Å². The number of unbranched alkanes of at least 4 members (excludes halogenated alkanes) is 44. The maximum atomic E-state index is 14.0. The monoisotopic (exact) mass is 1440 g/mol. The molecule has 0 spiro atoms. The molecule has 0 aromatic rings. The van der Waals surface area contributed by atoms with Gasteiger partial charge in [0.25, 0.3) is 0 Å². The summed E-state index contributed by atoms with van der Waals surface area (Å²) in [6, 6.07) is 0. The fourth-order valence-corrected chi connectivity index (χ4v) is 15.1. The minimum Gasteiger partial charge on any atom is -0.464 e. The Hall–Kier alpha value is -2.24. The molecule has 11 heteroatoms. The van der Waals surface area contributed by atoms with Gasteiger partial charge in [-0.25, -0.2) is 0 Å². The molecule has 606 valence electrons. The van der Waals surface area contributed by atoms with E-state index in [1.807, 2.05) is 0 Å². The van der Waals surface area contributed by atoms with Crippen LogP contribution in [0.1, 0.15) is 453 Å². The highest BCUT2D eigenvalue weighted by Crippen LogP contribution is 2.26. The van der Waals surface area contributed by atoms with Gasteiger partial charge in [0, 0.05) is 26.2 Å². The average Bonchev–Trinajstić information content (AvgIpc) is 1.11. The number of carbonyl (C=O) groups excluding carboxylic acids is 4. The van der Waals surface area contributed by atoms with Crippen molar-refractivity contribution in [2.45, 2.75) is 453 Å². The number of hydrogen-bond donors (Lipinski definition) is 0. The van der Waals surface area contributed by atoms with Crippen LogP contribution in [0.3, 0.4) is 0 Å². The minimum atomic E-state index is -0.0380. The Morgan fingerprint density at radius 3 is 0.500 bits per heavy atom. The number of ether oxygens (including phenoxy) is 4. The molecule has 0 aromatic carbocycles. The smallest absolute Gasteiger partial charge is 0.308 e. The minimum absolute atomic E-state index is 0.0214. The lowest BCUT2D eigenvalue weighted by molar-refractivity contribution is -0.151. The van der Waals surface area contributed by atoms with E-state index in [1.165, 1.54) is 283 Å². The van der Waals surface area contributed by atoms with Gasteiger partial charge in [-0.3, -0.25) is 29.0 Å². The van der Waals surface area contributed by atoms with Crippen molar-refractivity contribution in [3.63, 3.8) is 0 Å². The number of esters is 4. The normalized spacial score (nSPS) is 13.0. The SMILES string of the molecule is CCCCCCCCCC(CCCCCCCC)C(=O)OCCN(CCCN(C)CCCN(CCOC(=O)C(CCCCCCCC)CCCCCCCCC)CCOC(=O)C(CCCCCCCC)CCCCCCCCC)CCOC(=O)C(CCCCCCCC)CCCCCCCCC. The highest BCUT2D eigenvalue weighted by Gasteiger charge is 2.25. The van der Waals surface area contributed by atoms with Crippen LogP contribution in [0, 0.1) is 23.7 Å². The maximum Gasteiger partial charge on any atom is 0.308 e. The van der Waals surface area contributed by atoms with Crippen molar-refractivity contribution in [2.24, 2.45) is 23.7 Å². The van der Waals surface area contributed by atoms with Gasteiger partial charge in [0.1, 0.15) is 26.4 Å². The summed E-state index contributed by atoms with van der Waals surface area (Å²) < 4.78 is 25.0. The van der Waals surface area contributed by atoms with Crippen LogP contribution in [-0.4, -0.2) is 124 Å². The van der Waals surface area contributed by atoms with Crippen molar-refractivity contribution in [3.8, 4) is 0 Å². The zero-order valence-corrected chi connectivity index (χ0v) is 70.2. The van der Waals surface area contributed by atoms with Crippen LogP contribution in [0.4, 0.5) is 0 Å². The molecule has 0 radical (unpaired) electrons. The number of hydrogen-bond acceptors (Lipinski definition) is 11. The van der Waals surface area contributed by atoms with E-state index < -0.39 is 0 Å². The van der Waals surface area contributed by atoms with Crippen LogP contribution in [0.5, 0.6) is 0 Å². The molecule has 0 saturated heterocycles. The van der Waals surface area contributed by atoms with Crippen LogP contribution in [0.25, 0.3) is 0 Å². The molecule has 0 aliphatic carbocycles. The molecule has 0 amide bonds. The van der Waals surface area contributed by atoms with Gasteiger partial charge in [0.2, 0.25) is 0 Å². The van der Waals surface area contributed by atoms with Gasteiger partial charge in [-0.2, -0.15) is 0 Å². The molecular weight excluding hydrogens is 1260 g/mol. The van der Waals surface area contributed by atoms with Crippen LogP contribution in [-0.2, 0) is 38.1 Å². The van der Waals surface area contributed by atoms with Crippen LogP contribution in [0.2, 0.25) is 0 Å². The molecule has 0 rings (SSSR count). The Morgan fingerprint density at radius 1 is 0.196 bits per heavy atom. The summed E-state index contributed by atoms with van der Waals surface area (Å²) in [5.74, 6) is -0.237. The van der Waals surface area contributed by atoms with Crippen molar-refractivity contribution in [1.82, 2.24) is 14.7 Å². The first-order chi connectivity index (χ1) is 50.0. The molecule has 0 fully saturated rings. The van der Waals surface area contributed by atoms with Crippen LogP contribution < -0.4 is 0 Å². The van der Waals surface area contributed by atoms with Crippen molar-refractivity contribution in [1.29, 1.82) is 0 Å². The summed E-state index contributed by atoms with van der Waals surface area (Å²) in [6.07, 6.45) is 73.3. The molecule has 0 bridgehead atoms. The summed E-state index contributed by atoms with van der Waals surface area (Å²) in [6.45, 7) is 25.5. The van der Waals surface area contributed by atoms with Gasteiger partial charge in [-0.15, -0.1) is 0 Å². The topological polar surface area (TPSA) is 115 Å². The molecule has 4 unspecified atom stereocenters. The lowest BCUT2D eigenvalue weighted by atomic mass is 9.94. The largest absolute Gasteiger partial charge is 0.464 e. The first kappa shape index (κ1) is 99.8. The Kier molecular flexibility index (Phi) is 78.0. The molecule has 0 aliphatic rings. The molecule has 0 heterocycles. The molecule has 4 atom stereocenters. The highest BCUT2D eigenvalue weighted by atomic mass is 16.5. The number of nitrogens with zero attached hydrogens (tertiary/aromatic N) is 3. The molecule has 0 N–H and O–H groups in total. The lowest BCUT2D eigenvalue weighted by Gasteiger charge is -2.26. The summed E-state index contributed by atoms with van der Waals surface area (Å²) in [5.41, 5.74) is 0. The lowest BCUT2D eigenvalue weighted by Crippen LogP contribution is -2.36. The first-order valence-electron chi connectivity index (χ1n) is 45.8. The molecule has 0 aliphatic heterocycles. The average molecular weight is 1440 g/mol. The standard InChI is InChI=1S/C91H179N3O8/c1-10-18-26-34-42-50-58-68-84(64-54-46-38-30-22-14-5)88(95)99-80-76-93(77-81-100-89(96)85(65-55-47-39-31-23-15-6)69-59-51-43-35-27-19-11-2)74-62-72-92(9)73-63-75-94(78-82-101-90(97)86(66-56-48-40-32-24-16-7)70-60-52-44-36-28-20-12-3)79-83-102-91(98)87(67-57-49-41-33-25-17-8)71-61-53-45-37-29-21-13-4/h84-87H,10-83H2,1-9H3. The Labute approximate surface area is 636 Å². The summed E-state index contributed by atoms with van der Waals surface area (Å²) in [5, 5.41) is 0. The van der Waals surface area contributed by atoms with E-state index >= 15 is 0 Å². The van der Waals surface area contributed by atoms with Gasteiger partial charge in [-0.05, 0) is 97.4 Å². The Morgan fingerprint density at radius 2 is 0.343 bits per heavy atom. The predicted molar refractivity (Wildman–Crippen MR) is 440 cm³/mol. The second-order valence-electron chi connectivity index (χ2n) is 32.0. The number of rotatable bonds is 84. The van der Waals surface area contributed by atoms with Crippen LogP contribution >= 0.6 is 0 Å². The zero-order chi connectivity index (χ0) is 74.5. The molecule has 102 heavy (non-hydrogen) atoms. The van der Waals surface area contributed by atoms with Crippen molar-refractivity contribution < 1.29 is 38.1 Å². The van der Waals surface area contributed by atoms with E-state index in [-0.39, 0.29) is 47.5 Å². The fraction of sp³-hybridized carbons (Fsp3) is 0.956. The second kappa shape index (κ2) is 79.8. The van der Waals surface area contributed by atoms with E-state index in [2.05, 4.69) is 77.1 Å². The van der Waals surface area contributed by atoms with Gasteiger partial charge in [0.15, 0.2) is 0 Å². The van der Waals surface area contributed by atoms with Gasteiger partial charge in [0.05, 0.1) is 23.7 Å². The molecule has 0 saturated carbocycles. The Balaban J connectivity index is 6.45. The predicted octanol–water partition coefficient (Wildman–Crippen LogP) is 26.5. The van der Waals surface area contributed by atoms with E-state index in [0.717, 1.165) is 142 Å². The maximum absolute atomic E-state index is 14.0. The van der Waals surface area contributed by atoms with E-state index in [9.17, 15) is 19.2 Å². The van der Waals surface area contributed by atoms with Crippen LogP contribution in [0.15, 0.2) is 0 Å². The third-order valence-corrected chi connectivity index (χ3v) is 22.2. The van der Waals surface area contributed by atoms with Crippen molar-refractivity contribution >= 4 is 23.9 Å². The highest BCUT2D eigenvalue weighted by molar-refractivity contribution is 5.73. The quantitative estimate of drug-likeness (QED) is 0.0329. The molecule has 11 nitrogen and oxygen atoms in total. The van der Waals surface area contributed by atoms with Crippen molar-refractivity contribution in [2.75, 3.05) is 85.8 Å². The third kappa shape index (κ3) is 66.0. The number of carbonyl (C=O) groups is 4. The third-order valence-electron chi connectivity index (χ3n) is 22.2. The first-order valence-corrected chi connectivity index (χ1v) is 45.8. The second-order valence-corrected chi connectivity index (χ2v) is 32.0. The fourth-order valence-electron chi connectivity index (χ4n) is 15.1. The summed E-state index contributed by atoms with van der Waals surface area (Å²) >= 11 is 0. The molecule has 0 aromatic heterocycles. The van der Waals surface area contributed by atoms with Crippen molar-refractivity contribution in [3.05, 3.63) is 0 Å². The van der Waals surface area contributed by atoms with E-state index in [4.69, 9.17) is 18.9 Å². The summed E-state index contributed by atoms with van der Waals surface area (Å²) in [7, 11) is 2.22. The van der Waals surface area contributed by atoms with E-state index in [0.29, 0.717) is 52.6 Å². The van der Waals surface area contributed by atoms with E-state index in [1.54, 1.807) is 0 Å². The summed E-state index contributed by atoms with van der Waals surface area (Å²) in [4.78, 5) is 63.2. The molecular formula is C91H179N3O8.